The van der Waals surface area contributed by atoms with Gasteiger partial charge in [0, 0.05) is 37.7 Å². The number of aromatic nitrogens is 2. The molecule has 2 heterocycles. The summed E-state index contributed by atoms with van der Waals surface area (Å²) in [5, 5.41) is 10.1. The molecule has 1 aliphatic heterocycles. The molecule has 0 fully saturated rings. The van der Waals surface area contributed by atoms with Crippen LogP contribution in [0.15, 0.2) is 23.0 Å². The fraction of sp³-hybridized carbons (Fsp3) is 0.375. The molecule has 22 heavy (non-hydrogen) atoms. The summed E-state index contributed by atoms with van der Waals surface area (Å²) >= 11 is 0. The van der Waals surface area contributed by atoms with Crippen molar-refractivity contribution in [2.24, 2.45) is 0 Å². The number of nitrogens with one attached hydrogen (secondary N) is 1. The van der Waals surface area contributed by atoms with E-state index in [1.165, 1.54) is 0 Å². The van der Waals surface area contributed by atoms with Gasteiger partial charge in [0.25, 0.3) is 5.56 Å². The molecule has 2 N–H and O–H groups in total. The molecule has 1 aliphatic rings. The molecule has 0 bridgehead atoms. The third kappa shape index (κ3) is 2.82. The molecule has 0 unspecified atom stereocenters. The van der Waals surface area contributed by atoms with Gasteiger partial charge in [-0.1, -0.05) is 6.07 Å². The minimum absolute atomic E-state index is 0.0637. The summed E-state index contributed by atoms with van der Waals surface area (Å²) in [5.41, 5.74) is 2.37. The van der Waals surface area contributed by atoms with E-state index in [-0.39, 0.29) is 11.3 Å². The van der Waals surface area contributed by atoms with E-state index in [2.05, 4.69) is 14.9 Å². The van der Waals surface area contributed by atoms with Gasteiger partial charge in [0.15, 0.2) is 0 Å². The number of aryl methyl sites for hydroxylation is 1. The molecule has 0 radical (unpaired) electrons. The van der Waals surface area contributed by atoms with Crippen LogP contribution in [-0.2, 0) is 19.5 Å². The standard InChI is InChI=1S/C16H19N3O3/c1-10-17-14-5-6-19(9-13(14)16(21)18-10)8-11-3-4-12(22-2)7-15(11)20/h3-4,7,20H,5-6,8-9H2,1-2H3,(H,17,18,21). The van der Waals surface area contributed by atoms with Gasteiger partial charge in [-0.25, -0.2) is 4.98 Å². The predicted molar refractivity (Wildman–Crippen MR) is 82.1 cm³/mol. The van der Waals surface area contributed by atoms with Crippen LogP contribution in [-0.4, -0.2) is 33.6 Å². The fourth-order valence-corrected chi connectivity index (χ4v) is 2.79. The van der Waals surface area contributed by atoms with Crippen LogP contribution in [0.5, 0.6) is 11.5 Å². The van der Waals surface area contributed by atoms with Gasteiger partial charge in [-0.3, -0.25) is 9.69 Å². The van der Waals surface area contributed by atoms with Crippen molar-refractivity contribution in [1.29, 1.82) is 0 Å². The number of aromatic hydroxyl groups is 1. The molecule has 2 aromatic rings. The Balaban J connectivity index is 1.79. The molecule has 0 saturated carbocycles. The zero-order valence-electron chi connectivity index (χ0n) is 12.7. The summed E-state index contributed by atoms with van der Waals surface area (Å²) in [6.45, 7) is 3.74. The van der Waals surface area contributed by atoms with Crippen molar-refractivity contribution in [3.63, 3.8) is 0 Å². The number of hydrogen-bond donors (Lipinski definition) is 2. The molecule has 116 valence electrons. The van der Waals surface area contributed by atoms with E-state index in [0.29, 0.717) is 24.7 Å². The van der Waals surface area contributed by atoms with Crippen LogP contribution in [0.4, 0.5) is 0 Å². The molecule has 6 heteroatoms. The number of rotatable bonds is 3. The van der Waals surface area contributed by atoms with Crippen molar-refractivity contribution >= 4 is 0 Å². The summed E-state index contributed by atoms with van der Waals surface area (Å²) in [6.07, 6.45) is 0.747. The first-order valence-electron chi connectivity index (χ1n) is 7.23. The van der Waals surface area contributed by atoms with E-state index in [9.17, 15) is 9.90 Å². The Hall–Kier alpha value is -2.34. The predicted octanol–water partition coefficient (Wildman–Crippen LogP) is 1.35. The number of nitrogens with zero attached hydrogens (tertiary/aromatic N) is 2. The SMILES string of the molecule is COc1ccc(CN2CCc3nc(C)[nH]c(=O)c3C2)c(O)c1. The number of hydrogen-bond acceptors (Lipinski definition) is 5. The average Bonchev–Trinajstić information content (AvgIpc) is 2.49. The molecule has 0 saturated heterocycles. The lowest BCUT2D eigenvalue weighted by atomic mass is 10.1. The zero-order valence-corrected chi connectivity index (χ0v) is 12.7. The van der Waals surface area contributed by atoms with Crippen LogP contribution in [0.3, 0.4) is 0 Å². The van der Waals surface area contributed by atoms with Gasteiger partial charge in [-0.05, 0) is 13.0 Å². The monoisotopic (exact) mass is 301 g/mol. The number of phenolic OH excluding ortho intramolecular Hbond substituents is 1. The highest BCUT2D eigenvalue weighted by molar-refractivity contribution is 5.39. The lowest BCUT2D eigenvalue weighted by molar-refractivity contribution is 0.238. The maximum absolute atomic E-state index is 12.0. The molecular weight excluding hydrogens is 282 g/mol. The molecule has 0 aliphatic carbocycles. The largest absolute Gasteiger partial charge is 0.507 e. The third-order valence-corrected chi connectivity index (χ3v) is 3.95. The summed E-state index contributed by atoms with van der Waals surface area (Å²) < 4.78 is 5.09. The Kier molecular flexibility index (Phi) is 3.85. The average molecular weight is 301 g/mol. The lowest BCUT2D eigenvalue weighted by Crippen LogP contribution is -2.35. The highest BCUT2D eigenvalue weighted by Crippen LogP contribution is 2.26. The Morgan fingerprint density at radius 2 is 2.27 bits per heavy atom. The first-order valence-corrected chi connectivity index (χ1v) is 7.23. The van der Waals surface area contributed by atoms with Crippen LogP contribution in [0.25, 0.3) is 0 Å². The fourth-order valence-electron chi connectivity index (χ4n) is 2.79. The first-order chi connectivity index (χ1) is 10.6. The Morgan fingerprint density at radius 3 is 3.00 bits per heavy atom. The van der Waals surface area contributed by atoms with Gasteiger partial charge in [-0.2, -0.15) is 0 Å². The van der Waals surface area contributed by atoms with Crippen LogP contribution < -0.4 is 10.3 Å². The van der Waals surface area contributed by atoms with Gasteiger partial charge in [0.2, 0.25) is 0 Å². The topological polar surface area (TPSA) is 78.5 Å². The number of phenols is 1. The van der Waals surface area contributed by atoms with E-state index in [4.69, 9.17) is 4.74 Å². The molecule has 0 amide bonds. The quantitative estimate of drug-likeness (QED) is 0.895. The van der Waals surface area contributed by atoms with Crippen molar-refractivity contribution in [1.82, 2.24) is 14.9 Å². The molecule has 3 rings (SSSR count). The smallest absolute Gasteiger partial charge is 0.255 e. The lowest BCUT2D eigenvalue weighted by Gasteiger charge is -2.27. The maximum Gasteiger partial charge on any atom is 0.255 e. The molecule has 0 atom stereocenters. The van der Waals surface area contributed by atoms with Crippen molar-refractivity contribution in [2.75, 3.05) is 13.7 Å². The minimum atomic E-state index is -0.0637. The van der Waals surface area contributed by atoms with Gasteiger partial charge >= 0.3 is 0 Å². The second kappa shape index (κ2) is 5.81. The summed E-state index contributed by atoms with van der Waals surface area (Å²) in [5.74, 6) is 1.49. The zero-order chi connectivity index (χ0) is 15.7. The minimum Gasteiger partial charge on any atom is -0.507 e. The highest BCUT2D eigenvalue weighted by atomic mass is 16.5. The molecule has 1 aromatic carbocycles. The molecule has 1 aromatic heterocycles. The van der Waals surface area contributed by atoms with Crippen LogP contribution in [0.1, 0.15) is 22.6 Å². The van der Waals surface area contributed by atoms with Gasteiger partial charge in [0.05, 0.1) is 18.4 Å². The van der Waals surface area contributed by atoms with E-state index in [1.807, 2.05) is 12.1 Å². The number of fused-ring (bicyclic) bond motifs is 1. The van der Waals surface area contributed by atoms with Gasteiger partial charge in [-0.15, -0.1) is 0 Å². The molecule has 0 spiro atoms. The van der Waals surface area contributed by atoms with E-state index < -0.39 is 0 Å². The number of benzene rings is 1. The first kappa shape index (κ1) is 14.6. The van der Waals surface area contributed by atoms with Crippen LogP contribution >= 0.6 is 0 Å². The number of ether oxygens (including phenoxy) is 1. The summed E-state index contributed by atoms with van der Waals surface area (Å²) in [7, 11) is 1.57. The van der Waals surface area contributed by atoms with Gasteiger partial charge in [0.1, 0.15) is 17.3 Å². The van der Waals surface area contributed by atoms with Crippen LogP contribution in [0, 0.1) is 6.92 Å². The van der Waals surface area contributed by atoms with E-state index in [0.717, 1.165) is 29.8 Å². The highest BCUT2D eigenvalue weighted by Gasteiger charge is 2.21. The van der Waals surface area contributed by atoms with Gasteiger partial charge < -0.3 is 14.8 Å². The Bertz CT molecular complexity index is 755. The second-order valence-corrected chi connectivity index (χ2v) is 5.53. The molecular formula is C16H19N3O3. The van der Waals surface area contributed by atoms with Crippen molar-refractivity contribution in [3.05, 3.63) is 51.2 Å². The van der Waals surface area contributed by atoms with Crippen molar-refractivity contribution in [2.45, 2.75) is 26.4 Å². The van der Waals surface area contributed by atoms with Crippen molar-refractivity contribution < 1.29 is 9.84 Å². The Labute approximate surface area is 128 Å². The third-order valence-electron chi connectivity index (χ3n) is 3.95. The van der Waals surface area contributed by atoms with E-state index in [1.54, 1.807) is 20.1 Å². The summed E-state index contributed by atoms with van der Waals surface area (Å²) in [4.78, 5) is 21.3. The van der Waals surface area contributed by atoms with Crippen molar-refractivity contribution in [3.8, 4) is 11.5 Å². The normalized spacial score (nSPS) is 14.6. The molecule has 6 nitrogen and oxygen atoms in total. The Morgan fingerprint density at radius 1 is 1.45 bits per heavy atom. The van der Waals surface area contributed by atoms with Crippen LogP contribution in [0.2, 0.25) is 0 Å². The van der Waals surface area contributed by atoms with E-state index >= 15 is 0 Å². The maximum atomic E-state index is 12.0. The number of methoxy groups -OCH3 is 1. The second-order valence-electron chi connectivity index (χ2n) is 5.53. The summed E-state index contributed by atoms with van der Waals surface area (Å²) in [6, 6.07) is 5.27. The number of aromatic amines is 1. The number of H-pyrrole nitrogens is 1.